The highest BCUT2D eigenvalue weighted by atomic mass is 16.4. The summed E-state index contributed by atoms with van der Waals surface area (Å²) in [4.78, 5) is 15.5. The minimum Gasteiger partial charge on any atom is -0.478 e. The average molecular weight is 205 g/mol. The molecule has 0 amide bonds. The van der Waals surface area contributed by atoms with Crippen LogP contribution >= 0.6 is 0 Å². The molecule has 15 heavy (non-hydrogen) atoms. The van der Waals surface area contributed by atoms with Crippen LogP contribution in [0.3, 0.4) is 0 Å². The molecule has 0 fully saturated rings. The summed E-state index contributed by atoms with van der Waals surface area (Å²) in [6.45, 7) is 3.69. The van der Waals surface area contributed by atoms with Crippen LogP contribution in [0.4, 0.5) is 0 Å². The molecule has 0 atom stereocenters. The first kappa shape index (κ1) is 10.1. The Labute approximate surface area is 89.2 Å². The van der Waals surface area contributed by atoms with Gasteiger partial charge in [-0.25, -0.2) is 4.79 Å². The first-order chi connectivity index (χ1) is 7.11. The van der Waals surface area contributed by atoms with Crippen LogP contribution in [0.1, 0.15) is 45.7 Å². The second-order valence-electron chi connectivity index (χ2n) is 4.13. The third-order valence-corrected chi connectivity index (χ3v) is 3.14. The SMILES string of the molecule is Cc1nc2c(c(C)c1C(=O)O)CCCC2. The number of carbonyl (C=O) groups is 1. The molecule has 0 aromatic carbocycles. The largest absolute Gasteiger partial charge is 0.478 e. The van der Waals surface area contributed by atoms with Gasteiger partial charge >= 0.3 is 5.97 Å². The van der Waals surface area contributed by atoms with Crippen molar-refractivity contribution in [3.8, 4) is 0 Å². The van der Waals surface area contributed by atoms with Crippen molar-refractivity contribution in [2.45, 2.75) is 39.5 Å². The van der Waals surface area contributed by atoms with Gasteiger partial charge in [0.2, 0.25) is 0 Å². The van der Waals surface area contributed by atoms with Gasteiger partial charge in [0, 0.05) is 5.69 Å². The Kier molecular flexibility index (Phi) is 2.47. The summed E-state index contributed by atoms with van der Waals surface area (Å²) in [5.41, 5.74) is 4.26. The molecule has 0 aliphatic heterocycles. The maximum atomic E-state index is 11.1. The summed E-state index contributed by atoms with van der Waals surface area (Å²) in [6.07, 6.45) is 4.30. The van der Waals surface area contributed by atoms with E-state index in [-0.39, 0.29) is 0 Å². The Morgan fingerprint density at radius 3 is 2.60 bits per heavy atom. The van der Waals surface area contributed by atoms with Gasteiger partial charge < -0.3 is 5.11 Å². The summed E-state index contributed by atoms with van der Waals surface area (Å²) in [6, 6.07) is 0. The smallest absolute Gasteiger partial charge is 0.337 e. The quantitative estimate of drug-likeness (QED) is 0.765. The predicted molar refractivity (Wildman–Crippen MR) is 57.3 cm³/mol. The van der Waals surface area contributed by atoms with E-state index in [2.05, 4.69) is 4.98 Å². The number of hydrogen-bond donors (Lipinski definition) is 1. The average Bonchev–Trinajstić information content (AvgIpc) is 2.17. The van der Waals surface area contributed by atoms with E-state index in [9.17, 15) is 4.79 Å². The zero-order valence-corrected chi connectivity index (χ0v) is 9.13. The van der Waals surface area contributed by atoms with E-state index >= 15 is 0 Å². The number of carboxylic acids is 1. The molecule has 80 valence electrons. The van der Waals surface area contributed by atoms with Gasteiger partial charge in [0.05, 0.1) is 11.3 Å². The van der Waals surface area contributed by atoms with Gasteiger partial charge in [0.25, 0.3) is 0 Å². The lowest BCUT2D eigenvalue weighted by molar-refractivity contribution is 0.0694. The maximum Gasteiger partial charge on any atom is 0.337 e. The number of carboxylic acid groups (broad SMARTS) is 1. The highest BCUT2D eigenvalue weighted by Crippen LogP contribution is 2.26. The topological polar surface area (TPSA) is 50.2 Å². The van der Waals surface area contributed by atoms with E-state index in [0.29, 0.717) is 11.3 Å². The van der Waals surface area contributed by atoms with Crippen molar-refractivity contribution in [2.75, 3.05) is 0 Å². The molecule has 1 aromatic heterocycles. The lowest BCUT2D eigenvalue weighted by Gasteiger charge is -2.19. The molecular formula is C12H15NO2. The van der Waals surface area contributed by atoms with Crippen molar-refractivity contribution in [3.05, 3.63) is 28.1 Å². The first-order valence-corrected chi connectivity index (χ1v) is 5.33. The number of fused-ring (bicyclic) bond motifs is 1. The molecule has 1 heterocycles. The van der Waals surface area contributed by atoms with Crippen molar-refractivity contribution in [2.24, 2.45) is 0 Å². The van der Waals surface area contributed by atoms with E-state index < -0.39 is 5.97 Å². The summed E-state index contributed by atoms with van der Waals surface area (Å²) in [5, 5.41) is 9.11. The lowest BCUT2D eigenvalue weighted by atomic mass is 9.89. The molecule has 1 aliphatic carbocycles. The number of aromatic nitrogens is 1. The molecule has 0 spiro atoms. The third kappa shape index (κ3) is 1.62. The fraction of sp³-hybridized carbons (Fsp3) is 0.500. The van der Waals surface area contributed by atoms with Crippen LogP contribution < -0.4 is 0 Å². The van der Waals surface area contributed by atoms with E-state index in [0.717, 1.165) is 30.5 Å². The van der Waals surface area contributed by atoms with Gasteiger partial charge in [-0.3, -0.25) is 4.98 Å². The Hall–Kier alpha value is -1.38. The highest BCUT2D eigenvalue weighted by molar-refractivity contribution is 5.91. The molecule has 0 unspecified atom stereocenters. The van der Waals surface area contributed by atoms with Crippen LogP contribution in [0.15, 0.2) is 0 Å². The van der Waals surface area contributed by atoms with E-state index in [4.69, 9.17) is 5.11 Å². The fourth-order valence-electron chi connectivity index (χ4n) is 2.41. The minimum absolute atomic E-state index is 0.399. The van der Waals surface area contributed by atoms with Gasteiger partial charge in [0.15, 0.2) is 0 Å². The Morgan fingerprint density at radius 2 is 1.93 bits per heavy atom. The number of nitrogens with zero attached hydrogens (tertiary/aromatic N) is 1. The van der Waals surface area contributed by atoms with Crippen LogP contribution in [0, 0.1) is 13.8 Å². The van der Waals surface area contributed by atoms with Crippen LogP contribution in [-0.2, 0) is 12.8 Å². The van der Waals surface area contributed by atoms with Crippen molar-refractivity contribution in [1.82, 2.24) is 4.98 Å². The predicted octanol–water partition coefficient (Wildman–Crippen LogP) is 2.28. The highest BCUT2D eigenvalue weighted by Gasteiger charge is 2.20. The Bertz CT molecular complexity index is 424. The van der Waals surface area contributed by atoms with E-state index in [1.54, 1.807) is 6.92 Å². The van der Waals surface area contributed by atoms with Crippen LogP contribution in [0.5, 0.6) is 0 Å². The van der Waals surface area contributed by atoms with Gasteiger partial charge in [-0.1, -0.05) is 0 Å². The number of aromatic carboxylic acids is 1. The van der Waals surface area contributed by atoms with Crippen LogP contribution in [0.25, 0.3) is 0 Å². The van der Waals surface area contributed by atoms with Crippen molar-refractivity contribution in [1.29, 1.82) is 0 Å². The third-order valence-electron chi connectivity index (χ3n) is 3.14. The molecular weight excluding hydrogens is 190 g/mol. The summed E-state index contributed by atoms with van der Waals surface area (Å²) >= 11 is 0. The Balaban J connectivity index is 2.64. The van der Waals surface area contributed by atoms with Crippen molar-refractivity contribution >= 4 is 5.97 Å². The number of pyridine rings is 1. The molecule has 1 aromatic rings. The molecule has 2 rings (SSSR count). The van der Waals surface area contributed by atoms with Crippen molar-refractivity contribution in [3.63, 3.8) is 0 Å². The minimum atomic E-state index is -0.856. The second-order valence-corrected chi connectivity index (χ2v) is 4.13. The van der Waals surface area contributed by atoms with Gasteiger partial charge in [-0.05, 0) is 50.7 Å². The zero-order valence-electron chi connectivity index (χ0n) is 9.13. The normalized spacial score (nSPS) is 14.8. The van der Waals surface area contributed by atoms with E-state index in [1.165, 1.54) is 12.0 Å². The van der Waals surface area contributed by atoms with E-state index in [1.807, 2.05) is 6.92 Å². The zero-order chi connectivity index (χ0) is 11.0. The first-order valence-electron chi connectivity index (χ1n) is 5.33. The molecule has 1 N–H and O–H groups in total. The molecule has 0 saturated carbocycles. The standard InChI is InChI=1S/C12H15NO2/c1-7-9-5-3-4-6-10(9)13-8(2)11(7)12(14)15/h3-6H2,1-2H3,(H,14,15). The molecule has 3 nitrogen and oxygen atoms in total. The molecule has 3 heteroatoms. The van der Waals surface area contributed by atoms with Crippen LogP contribution in [0.2, 0.25) is 0 Å². The number of hydrogen-bond acceptors (Lipinski definition) is 2. The summed E-state index contributed by atoms with van der Waals surface area (Å²) in [5.74, 6) is -0.856. The number of aryl methyl sites for hydroxylation is 2. The van der Waals surface area contributed by atoms with Crippen LogP contribution in [-0.4, -0.2) is 16.1 Å². The van der Waals surface area contributed by atoms with Crippen molar-refractivity contribution < 1.29 is 9.90 Å². The lowest BCUT2D eigenvalue weighted by Crippen LogP contribution is -2.14. The van der Waals surface area contributed by atoms with Gasteiger partial charge in [0.1, 0.15) is 0 Å². The second kappa shape index (κ2) is 3.65. The number of rotatable bonds is 1. The monoisotopic (exact) mass is 205 g/mol. The summed E-state index contributed by atoms with van der Waals surface area (Å²) in [7, 11) is 0. The van der Waals surface area contributed by atoms with Gasteiger partial charge in [-0.15, -0.1) is 0 Å². The maximum absolute atomic E-state index is 11.1. The fourth-order valence-corrected chi connectivity index (χ4v) is 2.41. The molecule has 1 aliphatic rings. The molecule has 0 radical (unpaired) electrons. The Morgan fingerprint density at radius 1 is 1.27 bits per heavy atom. The molecule has 0 bridgehead atoms. The van der Waals surface area contributed by atoms with Gasteiger partial charge in [-0.2, -0.15) is 0 Å². The molecule has 0 saturated heterocycles. The summed E-state index contributed by atoms with van der Waals surface area (Å²) < 4.78 is 0.